The quantitative estimate of drug-likeness (QED) is 0.805. The van der Waals surface area contributed by atoms with Crippen molar-refractivity contribution in [1.82, 2.24) is 4.90 Å². The van der Waals surface area contributed by atoms with Crippen molar-refractivity contribution in [3.63, 3.8) is 0 Å². The van der Waals surface area contributed by atoms with Crippen LogP contribution in [-0.2, 0) is 14.3 Å². The molecule has 1 aliphatic rings. The molecular weight excluding hydrogens is 320 g/mol. The lowest BCUT2D eigenvalue weighted by molar-refractivity contribution is -0.132. The molecule has 6 heteroatoms. The molecule has 6 nitrogen and oxygen atoms in total. The number of nitrogens with zero attached hydrogens (tertiary/aromatic N) is 1. The number of likely N-dealkylation sites (N-methyl/N-ethyl adjacent to an activating group) is 1. The number of esters is 1. The summed E-state index contributed by atoms with van der Waals surface area (Å²) in [6.07, 6.45) is 4.95. The summed E-state index contributed by atoms with van der Waals surface area (Å²) in [6.45, 7) is 5.29. The Hall–Kier alpha value is -2.63. The predicted octanol–water partition coefficient (Wildman–Crippen LogP) is 3.03. The molecule has 0 aromatic heterocycles. The number of allylic oxidation sites excluding steroid dienone is 2. The highest BCUT2D eigenvalue weighted by Crippen LogP contribution is 2.23. The van der Waals surface area contributed by atoms with Crippen LogP contribution in [0.2, 0.25) is 0 Å². The van der Waals surface area contributed by atoms with Crippen LogP contribution in [0.25, 0.3) is 0 Å². The molecule has 1 aromatic carbocycles. The van der Waals surface area contributed by atoms with Crippen molar-refractivity contribution in [3.8, 4) is 0 Å². The number of carbonyl (C=O) groups is 3. The maximum atomic E-state index is 12.4. The second-order valence-corrected chi connectivity index (χ2v) is 5.98. The van der Waals surface area contributed by atoms with Gasteiger partial charge in [0.25, 0.3) is 5.91 Å². The Morgan fingerprint density at radius 1 is 1.28 bits per heavy atom. The van der Waals surface area contributed by atoms with Crippen molar-refractivity contribution < 1.29 is 19.1 Å². The van der Waals surface area contributed by atoms with Gasteiger partial charge >= 0.3 is 5.97 Å². The zero-order valence-corrected chi connectivity index (χ0v) is 14.9. The molecule has 0 saturated heterocycles. The summed E-state index contributed by atoms with van der Waals surface area (Å²) in [7, 11) is 0. The van der Waals surface area contributed by atoms with E-state index in [0.29, 0.717) is 12.2 Å². The molecule has 25 heavy (non-hydrogen) atoms. The van der Waals surface area contributed by atoms with Crippen molar-refractivity contribution in [2.24, 2.45) is 0 Å². The van der Waals surface area contributed by atoms with Crippen molar-refractivity contribution in [3.05, 3.63) is 41.1 Å². The Labute approximate surface area is 147 Å². The van der Waals surface area contributed by atoms with E-state index in [-0.39, 0.29) is 24.0 Å². The summed E-state index contributed by atoms with van der Waals surface area (Å²) in [5, 5.41) is 2.64. The third-order valence-corrected chi connectivity index (χ3v) is 4.10. The summed E-state index contributed by atoms with van der Waals surface area (Å²) in [5.41, 5.74) is 2.41. The first-order valence-electron chi connectivity index (χ1n) is 8.47. The number of hydrogen-bond acceptors (Lipinski definition) is 4. The normalized spacial score (nSPS) is 13.2. The Balaban J connectivity index is 2.06. The first-order chi connectivity index (χ1) is 11.9. The zero-order valence-electron chi connectivity index (χ0n) is 14.9. The third-order valence-electron chi connectivity index (χ3n) is 4.10. The number of anilines is 1. The molecule has 134 valence electrons. The number of carbonyl (C=O) groups excluding carboxylic acids is 3. The molecule has 0 radical (unpaired) electrons. The van der Waals surface area contributed by atoms with Gasteiger partial charge in [-0.15, -0.1) is 0 Å². The smallest absolute Gasteiger partial charge is 0.340 e. The average molecular weight is 344 g/mol. The van der Waals surface area contributed by atoms with E-state index in [0.717, 1.165) is 30.5 Å². The number of nitrogens with one attached hydrogen (secondary N) is 1. The van der Waals surface area contributed by atoms with E-state index in [4.69, 9.17) is 4.74 Å². The summed E-state index contributed by atoms with van der Waals surface area (Å²) in [4.78, 5) is 37.8. The van der Waals surface area contributed by atoms with Gasteiger partial charge in [-0.05, 0) is 44.7 Å². The molecule has 2 rings (SSSR count). The Bertz CT molecular complexity index is 709. The lowest BCUT2D eigenvalue weighted by Crippen LogP contribution is -2.33. The largest absolute Gasteiger partial charge is 0.452 e. The van der Waals surface area contributed by atoms with Gasteiger partial charge in [-0.25, -0.2) is 4.79 Å². The maximum absolute atomic E-state index is 12.4. The summed E-state index contributed by atoms with van der Waals surface area (Å²) >= 11 is 0. The lowest BCUT2D eigenvalue weighted by Gasteiger charge is -2.22. The fourth-order valence-corrected chi connectivity index (χ4v) is 2.90. The first kappa shape index (κ1) is 18.7. The van der Waals surface area contributed by atoms with Gasteiger partial charge in [-0.3, -0.25) is 9.59 Å². The summed E-state index contributed by atoms with van der Waals surface area (Å²) in [5.74, 6) is -1.14. The number of amides is 2. The van der Waals surface area contributed by atoms with Crippen LogP contribution in [0.3, 0.4) is 0 Å². The number of rotatable bonds is 6. The summed E-state index contributed by atoms with van der Waals surface area (Å²) < 4.78 is 5.20. The van der Waals surface area contributed by atoms with Gasteiger partial charge in [0, 0.05) is 19.2 Å². The van der Waals surface area contributed by atoms with Crippen LogP contribution < -0.4 is 5.32 Å². The van der Waals surface area contributed by atoms with E-state index < -0.39 is 5.97 Å². The fourth-order valence-electron chi connectivity index (χ4n) is 2.90. The third kappa shape index (κ3) is 4.68. The molecule has 0 heterocycles. The van der Waals surface area contributed by atoms with E-state index in [1.54, 1.807) is 30.0 Å². The van der Waals surface area contributed by atoms with Crippen LogP contribution >= 0.6 is 0 Å². The van der Waals surface area contributed by atoms with Crippen LogP contribution in [0, 0.1) is 6.92 Å². The first-order valence-corrected chi connectivity index (χ1v) is 8.47. The van der Waals surface area contributed by atoms with Gasteiger partial charge in [-0.2, -0.15) is 0 Å². The molecule has 0 atom stereocenters. The number of aryl methyl sites for hydroxylation is 1. The number of hydrogen-bond donors (Lipinski definition) is 1. The fraction of sp³-hybridized carbons (Fsp3) is 0.421. The van der Waals surface area contributed by atoms with Crippen LogP contribution in [0.5, 0.6) is 0 Å². The SMILES string of the molecule is CCN(C(=O)COC(=O)c1cccc(C)c1NC(C)=O)C1=CCCC1. The molecule has 1 N–H and O–H groups in total. The Kier molecular flexibility index (Phi) is 6.33. The minimum absolute atomic E-state index is 0.238. The molecule has 1 aliphatic carbocycles. The van der Waals surface area contributed by atoms with Crippen LogP contribution in [-0.4, -0.2) is 35.8 Å². The van der Waals surface area contributed by atoms with Crippen molar-refractivity contribution in [2.45, 2.75) is 40.0 Å². The molecule has 0 spiro atoms. The Morgan fingerprint density at radius 3 is 2.64 bits per heavy atom. The highest BCUT2D eigenvalue weighted by molar-refractivity contribution is 6.02. The van der Waals surface area contributed by atoms with Gasteiger partial charge < -0.3 is 15.0 Å². The minimum atomic E-state index is -0.628. The van der Waals surface area contributed by atoms with Crippen LogP contribution in [0.1, 0.15) is 49.0 Å². The van der Waals surface area contributed by atoms with Crippen LogP contribution in [0.15, 0.2) is 30.0 Å². The molecule has 0 unspecified atom stereocenters. The van der Waals surface area contributed by atoms with Gasteiger partial charge in [0.2, 0.25) is 5.91 Å². The number of benzene rings is 1. The molecule has 0 fully saturated rings. The molecular formula is C19H24N2O4. The highest BCUT2D eigenvalue weighted by Gasteiger charge is 2.21. The number of ether oxygens (including phenoxy) is 1. The second-order valence-electron chi connectivity index (χ2n) is 5.98. The van der Waals surface area contributed by atoms with E-state index in [1.165, 1.54) is 6.92 Å². The van der Waals surface area contributed by atoms with E-state index in [2.05, 4.69) is 11.4 Å². The van der Waals surface area contributed by atoms with Gasteiger partial charge in [0.15, 0.2) is 6.61 Å². The van der Waals surface area contributed by atoms with E-state index >= 15 is 0 Å². The number of para-hydroxylation sites is 1. The molecule has 2 amide bonds. The molecule has 0 saturated carbocycles. The van der Waals surface area contributed by atoms with Gasteiger partial charge in [0.1, 0.15) is 0 Å². The van der Waals surface area contributed by atoms with Gasteiger partial charge in [0.05, 0.1) is 11.3 Å². The van der Waals surface area contributed by atoms with Crippen LogP contribution in [0.4, 0.5) is 5.69 Å². The highest BCUT2D eigenvalue weighted by atomic mass is 16.5. The monoisotopic (exact) mass is 344 g/mol. The predicted molar refractivity (Wildman–Crippen MR) is 95.1 cm³/mol. The average Bonchev–Trinajstić information content (AvgIpc) is 3.09. The maximum Gasteiger partial charge on any atom is 0.340 e. The van der Waals surface area contributed by atoms with Crippen molar-refractivity contribution in [2.75, 3.05) is 18.5 Å². The Morgan fingerprint density at radius 2 is 2.04 bits per heavy atom. The van der Waals surface area contributed by atoms with E-state index in [9.17, 15) is 14.4 Å². The summed E-state index contributed by atoms with van der Waals surface area (Å²) in [6, 6.07) is 5.07. The molecule has 0 aliphatic heterocycles. The zero-order chi connectivity index (χ0) is 18.4. The van der Waals surface area contributed by atoms with Crippen molar-refractivity contribution >= 4 is 23.5 Å². The molecule has 1 aromatic rings. The van der Waals surface area contributed by atoms with E-state index in [1.807, 2.05) is 6.92 Å². The van der Waals surface area contributed by atoms with Crippen molar-refractivity contribution in [1.29, 1.82) is 0 Å². The topological polar surface area (TPSA) is 75.7 Å². The second kappa shape index (κ2) is 8.46. The standard InChI is InChI=1S/C19H24N2O4/c1-4-21(15-9-5-6-10-15)17(23)12-25-19(24)16-11-7-8-13(2)18(16)20-14(3)22/h7-9,11H,4-6,10,12H2,1-3H3,(H,20,22). The molecule has 0 bridgehead atoms. The van der Waals surface area contributed by atoms with Gasteiger partial charge in [-0.1, -0.05) is 18.2 Å². The lowest BCUT2D eigenvalue weighted by atomic mass is 10.1. The minimum Gasteiger partial charge on any atom is -0.452 e.